The second-order valence-corrected chi connectivity index (χ2v) is 7.85. The van der Waals surface area contributed by atoms with E-state index in [9.17, 15) is 0 Å². The second-order valence-electron chi connectivity index (χ2n) is 7.85. The molecule has 0 spiro atoms. The largest absolute Gasteiger partial charge is 0.497 e. The molecular formula is C26H21N3O2. The molecule has 4 aromatic carbocycles. The van der Waals surface area contributed by atoms with Crippen LogP contribution < -0.4 is 15.8 Å². The van der Waals surface area contributed by atoms with Crippen LogP contribution in [-0.4, -0.2) is 13.1 Å². The molecule has 0 saturated heterocycles. The molecule has 1 aliphatic carbocycles. The highest BCUT2D eigenvalue weighted by molar-refractivity contribution is 6.15. The number of rotatable bonds is 3. The quantitative estimate of drug-likeness (QED) is 0.288. The lowest BCUT2D eigenvalue weighted by Gasteiger charge is -2.11. The van der Waals surface area contributed by atoms with Crippen LogP contribution in [0.2, 0.25) is 0 Å². The van der Waals surface area contributed by atoms with Crippen LogP contribution in [0.1, 0.15) is 11.1 Å². The van der Waals surface area contributed by atoms with Gasteiger partial charge < -0.3 is 20.2 Å². The summed E-state index contributed by atoms with van der Waals surface area (Å²) in [4.78, 5) is 4.75. The molecule has 0 saturated carbocycles. The zero-order valence-corrected chi connectivity index (χ0v) is 17.1. The van der Waals surface area contributed by atoms with E-state index in [4.69, 9.17) is 19.9 Å². The van der Waals surface area contributed by atoms with Crippen molar-refractivity contribution in [3.63, 3.8) is 0 Å². The van der Waals surface area contributed by atoms with E-state index in [1.54, 1.807) is 7.11 Å². The van der Waals surface area contributed by atoms with Crippen molar-refractivity contribution in [3.05, 3.63) is 77.9 Å². The number of hydrogen-bond donors (Lipinski definition) is 2. The predicted octanol–water partition coefficient (Wildman–Crippen LogP) is 5.90. The molecule has 31 heavy (non-hydrogen) atoms. The van der Waals surface area contributed by atoms with E-state index in [-0.39, 0.29) is 0 Å². The molecule has 6 rings (SSSR count). The standard InChI is InChI=1S/C26H21N3O2/c1-30-17-13-21(25-19-7-2-3-8-22(19)31-23(25)14-17)29-26(27)28-20-12-10-16-6-4-5-15-9-11-18(20)24(15)16/h2-8,10,12-14H,9,11H2,1H3,(H3,27,28,29). The minimum atomic E-state index is 0.333. The van der Waals surface area contributed by atoms with Crippen LogP contribution in [0, 0.1) is 0 Å². The number of aryl methyl sites for hydroxylation is 2. The Balaban J connectivity index is 1.46. The summed E-state index contributed by atoms with van der Waals surface area (Å²) in [5.41, 5.74) is 12.3. The number of furan rings is 1. The van der Waals surface area contributed by atoms with Crippen molar-refractivity contribution in [2.75, 3.05) is 12.4 Å². The Morgan fingerprint density at radius 2 is 1.87 bits per heavy atom. The van der Waals surface area contributed by atoms with Gasteiger partial charge in [-0.15, -0.1) is 0 Å². The molecule has 3 N–H and O–H groups in total. The fourth-order valence-electron chi connectivity index (χ4n) is 4.69. The summed E-state index contributed by atoms with van der Waals surface area (Å²) in [5, 5.41) is 7.85. The normalized spacial score (nSPS) is 13.4. The van der Waals surface area contributed by atoms with Crippen LogP contribution in [0.25, 0.3) is 32.7 Å². The SMILES string of the molecule is COc1cc(NC(N)=Nc2ccc3cccc4c3c2CC4)c2c(c1)oc1ccccc12. The molecular weight excluding hydrogens is 386 g/mol. The summed E-state index contributed by atoms with van der Waals surface area (Å²) >= 11 is 0. The first kappa shape index (κ1) is 17.8. The molecule has 0 unspecified atom stereocenters. The molecule has 152 valence electrons. The highest BCUT2D eigenvalue weighted by Gasteiger charge is 2.18. The number of nitrogens with two attached hydrogens (primary N) is 1. The third-order valence-electron chi connectivity index (χ3n) is 6.05. The van der Waals surface area contributed by atoms with Gasteiger partial charge in [-0.1, -0.05) is 42.5 Å². The first-order valence-electron chi connectivity index (χ1n) is 10.4. The Labute approximate surface area is 179 Å². The summed E-state index contributed by atoms with van der Waals surface area (Å²) in [5.74, 6) is 1.02. The molecule has 5 aromatic rings. The third kappa shape index (κ3) is 2.81. The van der Waals surface area contributed by atoms with Gasteiger partial charge in [0.15, 0.2) is 5.96 Å². The molecule has 1 aliphatic rings. The summed E-state index contributed by atoms with van der Waals surface area (Å²) < 4.78 is 11.5. The molecule has 0 bridgehead atoms. The Morgan fingerprint density at radius 3 is 2.77 bits per heavy atom. The fraction of sp³-hybridized carbons (Fsp3) is 0.115. The van der Waals surface area contributed by atoms with Crippen molar-refractivity contribution in [2.24, 2.45) is 10.7 Å². The average Bonchev–Trinajstić information content (AvgIpc) is 3.38. The topological polar surface area (TPSA) is 72.8 Å². The van der Waals surface area contributed by atoms with E-state index in [1.807, 2.05) is 36.4 Å². The number of nitrogens with one attached hydrogen (secondary N) is 1. The molecule has 5 nitrogen and oxygen atoms in total. The Kier molecular flexibility index (Phi) is 3.90. The third-order valence-corrected chi connectivity index (χ3v) is 6.05. The zero-order valence-electron chi connectivity index (χ0n) is 17.1. The number of para-hydroxylation sites is 1. The van der Waals surface area contributed by atoms with Gasteiger partial charge in [0.2, 0.25) is 0 Å². The number of fused-ring (bicyclic) bond motifs is 3. The summed E-state index contributed by atoms with van der Waals surface area (Å²) in [6.07, 6.45) is 2.03. The lowest BCUT2D eigenvalue weighted by molar-refractivity contribution is 0.415. The van der Waals surface area contributed by atoms with Gasteiger partial charge in [0.05, 0.1) is 23.9 Å². The van der Waals surface area contributed by atoms with Gasteiger partial charge >= 0.3 is 0 Å². The number of aliphatic imine (C=N–C) groups is 1. The van der Waals surface area contributed by atoms with E-state index < -0.39 is 0 Å². The van der Waals surface area contributed by atoms with Gasteiger partial charge in [0.25, 0.3) is 0 Å². The molecule has 1 heterocycles. The van der Waals surface area contributed by atoms with Crippen LogP contribution in [0.5, 0.6) is 5.75 Å². The molecule has 0 aliphatic heterocycles. The van der Waals surface area contributed by atoms with Crippen molar-refractivity contribution in [2.45, 2.75) is 12.8 Å². The van der Waals surface area contributed by atoms with Crippen LogP contribution in [0.3, 0.4) is 0 Å². The number of nitrogens with zero attached hydrogens (tertiary/aromatic N) is 1. The van der Waals surface area contributed by atoms with Gasteiger partial charge in [-0.05, 0) is 46.9 Å². The molecule has 5 heteroatoms. The number of methoxy groups -OCH3 is 1. The maximum atomic E-state index is 6.39. The van der Waals surface area contributed by atoms with Crippen LogP contribution >= 0.6 is 0 Å². The predicted molar refractivity (Wildman–Crippen MR) is 127 cm³/mol. The van der Waals surface area contributed by atoms with Crippen LogP contribution in [0.4, 0.5) is 11.4 Å². The molecule has 0 radical (unpaired) electrons. The fourth-order valence-corrected chi connectivity index (χ4v) is 4.69. The van der Waals surface area contributed by atoms with E-state index in [1.165, 1.54) is 21.9 Å². The number of ether oxygens (including phenoxy) is 1. The Bertz CT molecular complexity index is 1510. The maximum absolute atomic E-state index is 6.39. The van der Waals surface area contributed by atoms with Crippen molar-refractivity contribution in [1.29, 1.82) is 0 Å². The van der Waals surface area contributed by atoms with Crippen molar-refractivity contribution >= 4 is 50.0 Å². The van der Waals surface area contributed by atoms with Crippen molar-refractivity contribution in [3.8, 4) is 5.75 Å². The average molecular weight is 407 g/mol. The molecule has 0 fully saturated rings. The van der Waals surface area contributed by atoms with E-state index in [2.05, 4.69) is 35.6 Å². The summed E-state index contributed by atoms with van der Waals surface area (Å²) in [6.45, 7) is 0. The second kappa shape index (κ2) is 6.77. The monoisotopic (exact) mass is 407 g/mol. The van der Waals surface area contributed by atoms with Gasteiger partial charge in [-0.2, -0.15) is 0 Å². The molecule has 0 amide bonds. The summed E-state index contributed by atoms with van der Waals surface area (Å²) in [6, 6.07) is 22.4. The zero-order chi connectivity index (χ0) is 20.9. The van der Waals surface area contributed by atoms with Gasteiger partial charge in [0.1, 0.15) is 16.9 Å². The first-order chi connectivity index (χ1) is 15.2. The van der Waals surface area contributed by atoms with Crippen LogP contribution in [-0.2, 0) is 12.8 Å². The number of benzene rings is 4. The van der Waals surface area contributed by atoms with E-state index in [0.717, 1.165) is 46.2 Å². The lowest BCUT2D eigenvalue weighted by Crippen LogP contribution is -2.22. The highest BCUT2D eigenvalue weighted by atomic mass is 16.5. The minimum absolute atomic E-state index is 0.333. The Morgan fingerprint density at radius 1 is 0.968 bits per heavy atom. The van der Waals surface area contributed by atoms with Gasteiger partial charge in [0, 0.05) is 17.5 Å². The lowest BCUT2D eigenvalue weighted by atomic mass is 10.0. The highest BCUT2D eigenvalue weighted by Crippen LogP contribution is 2.39. The smallest absolute Gasteiger partial charge is 0.198 e. The van der Waals surface area contributed by atoms with Crippen LogP contribution in [0.15, 0.2) is 76.1 Å². The molecule has 0 atom stereocenters. The molecule has 1 aromatic heterocycles. The maximum Gasteiger partial charge on any atom is 0.198 e. The summed E-state index contributed by atoms with van der Waals surface area (Å²) in [7, 11) is 1.64. The Hall–Kier alpha value is -3.99. The van der Waals surface area contributed by atoms with E-state index in [0.29, 0.717) is 11.7 Å². The number of hydrogen-bond acceptors (Lipinski definition) is 3. The van der Waals surface area contributed by atoms with Gasteiger partial charge in [-0.25, -0.2) is 4.99 Å². The first-order valence-corrected chi connectivity index (χ1v) is 10.4. The van der Waals surface area contributed by atoms with Gasteiger partial charge in [-0.3, -0.25) is 0 Å². The van der Waals surface area contributed by atoms with E-state index >= 15 is 0 Å². The number of anilines is 1. The minimum Gasteiger partial charge on any atom is -0.497 e. The van der Waals surface area contributed by atoms with Crippen molar-refractivity contribution in [1.82, 2.24) is 0 Å². The number of guanidine groups is 1. The van der Waals surface area contributed by atoms with Crippen molar-refractivity contribution < 1.29 is 9.15 Å².